The molecule has 4 nitrogen and oxygen atoms in total. The van der Waals surface area contributed by atoms with Crippen LogP contribution in [0.1, 0.15) is 132 Å². The van der Waals surface area contributed by atoms with Crippen LogP contribution in [0.4, 0.5) is 34.1 Å². The van der Waals surface area contributed by atoms with Crippen LogP contribution < -0.4 is 26.2 Å². The first-order chi connectivity index (χ1) is 55.2. The van der Waals surface area contributed by atoms with Crippen LogP contribution in [0.2, 0.25) is 0 Å². The number of hydrogen-bond acceptors (Lipinski definition) is 2. The van der Waals surface area contributed by atoms with Gasteiger partial charge in [0.25, 0.3) is 6.71 Å². The van der Waals surface area contributed by atoms with E-state index in [1.165, 1.54) is 110 Å². The summed E-state index contributed by atoms with van der Waals surface area (Å²) in [5, 5.41) is 4.91. The lowest BCUT2D eigenvalue weighted by Crippen LogP contribution is -2.61. The van der Waals surface area contributed by atoms with Gasteiger partial charge >= 0.3 is 0 Å². The number of nitrogens with zero attached hydrogens (tertiary/aromatic N) is 4. The molecule has 5 heteroatoms. The number of para-hydroxylation sites is 4. The highest BCUT2D eigenvalue weighted by atomic mass is 15.2. The lowest BCUT2D eigenvalue weighted by atomic mass is 9.33. The van der Waals surface area contributed by atoms with E-state index in [4.69, 9.17) is 0 Å². The monoisotopic (exact) mass is 1490 g/mol. The molecule has 0 saturated heterocycles. The van der Waals surface area contributed by atoms with Crippen molar-refractivity contribution in [2.24, 2.45) is 0 Å². The smallest absolute Gasteiger partial charge is 0.252 e. The molecule has 2 aliphatic rings. The first-order valence-electron chi connectivity index (χ1n) is 41.2. The Hall–Kier alpha value is -12.4. The third kappa shape index (κ3) is 12.3. The number of anilines is 6. The molecular formula is C110H99BN4. The Morgan fingerprint density at radius 3 is 0.817 bits per heavy atom. The molecule has 0 fully saturated rings. The summed E-state index contributed by atoms with van der Waals surface area (Å²) in [5.74, 6) is 0. The highest BCUT2D eigenvalue weighted by Gasteiger charge is 2.46. The normalized spacial score (nSPS) is 13.1. The molecule has 562 valence electrons. The van der Waals surface area contributed by atoms with E-state index in [1.807, 2.05) is 0 Å². The predicted octanol–water partition coefficient (Wildman–Crippen LogP) is 28.5. The maximum absolute atomic E-state index is 2.72. The molecule has 0 atom stereocenters. The summed E-state index contributed by atoms with van der Waals surface area (Å²) < 4.78 is 5.09. The molecule has 0 unspecified atom stereocenters. The third-order valence-electron chi connectivity index (χ3n) is 24.6. The first-order valence-corrected chi connectivity index (χ1v) is 41.2. The fraction of sp³-hybridized carbons (Fsp3) is 0.182. The van der Waals surface area contributed by atoms with E-state index in [0.29, 0.717) is 0 Å². The van der Waals surface area contributed by atoms with Gasteiger partial charge in [-0.2, -0.15) is 0 Å². The highest BCUT2D eigenvalue weighted by molar-refractivity contribution is 7.00. The van der Waals surface area contributed by atoms with Gasteiger partial charge < -0.3 is 18.9 Å². The van der Waals surface area contributed by atoms with Gasteiger partial charge in [-0.15, -0.1) is 0 Å². The lowest BCUT2D eigenvalue weighted by Gasteiger charge is -2.46. The van der Waals surface area contributed by atoms with Crippen molar-refractivity contribution in [3.05, 3.63) is 355 Å². The Morgan fingerprint density at radius 1 is 0.217 bits per heavy atom. The Morgan fingerprint density at radius 2 is 0.496 bits per heavy atom. The van der Waals surface area contributed by atoms with Crippen molar-refractivity contribution in [3.63, 3.8) is 0 Å². The summed E-state index contributed by atoms with van der Waals surface area (Å²) in [7, 11) is 0. The zero-order valence-electron chi connectivity index (χ0n) is 69.0. The van der Waals surface area contributed by atoms with Crippen LogP contribution in [-0.2, 0) is 27.1 Å². The molecular weight excluding hydrogens is 1390 g/mol. The Labute approximate surface area is 679 Å². The molecule has 2 aromatic heterocycles. The van der Waals surface area contributed by atoms with Crippen molar-refractivity contribution in [3.8, 4) is 78.1 Å². The molecule has 0 spiro atoms. The third-order valence-corrected chi connectivity index (χ3v) is 24.6. The molecule has 19 rings (SSSR count). The van der Waals surface area contributed by atoms with Crippen LogP contribution in [0.15, 0.2) is 328 Å². The average Bonchev–Trinajstić information content (AvgIpc) is 1.34. The molecule has 17 aromatic rings. The van der Waals surface area contributed by atoms with Crippen LogP contribution >= 0.6 is 0 Å². The number of hydrogen-bond donors (Lipinski definition) is 0. The zero-order chi connectivity index (χ0) is 79.4. The van der Waals surface area contributed by atoms with Crippen molar-refractivity contribution in [1.29, 1.82) is 0 Å². The minimum Gasteiger partial charge on any atom is -0.310 e. The topological polar surface area (TPSA) is 16.3 Å². The fourth-order valence-electron chi connectivity index (χ4n) is 18.5. The standard InChI is InChI=1S/C110H99BN4/c1-106(2,3)76-62-77(107(4,5)6)65-81(64-76)112-93-52-30-28-44-89(93)101-83(46-34-54-95(101)112)74-56-58-91-97(60-74)114(104-85(70-36-20-16-21-37-70)48-32-49-86(104)71-38-22-17-23-39-71)99-68-80(110(13,14)15)69-100-103(99)111(91)92-59-57-75(61-98(92)115(100)105-87(72-40-24-18-25-41-72)50-33-51-88(105)73-42-26-19-27-43-73)84-47-35-55-96-102(84)90-45-29-31-53-94(90)113(96)82-66-78(108(7,8)9)63-79(67-82)109(10,11)12/h16-69H,1-15H3. The first kappa shape index (κ1) is 72.8. The van der Waals surface area contributed by atoms with Gasteiger partial charge in [-0.25, -0.2) is 0 Å². The summed E-state index contributed by atoms with van der Waals surface area (Å²) in [5.41, 5.74) is 37.4. The molecule has 4 heterocycles. The Bertz CT molecular complexity index is 6140. The largest absolute Gasteiger partial charge is 0.310 e. The van der Waals surface area contributed by atoms with Gasteiger partial charge in [0.15, 0.2) is 0 Å². The van der Waals surface area contributed by atoms with E-state index in [2.05, 4.69) is 450 Å². The van der Waals surface area contributed by atoms with E-state index in [0.717, 1.165) is 89.8 Å². The van der Waals surface area contributed by atoms with Crippen LogP contribution in [0.5, 0.6) is 0 Å². The predicted molar refractivity (Wildman–Crippen MR) is 495 cm³/mol. The van der Waals surface area contributed by atoms with E-state index < -0.39 is 0 Å². The quantitative estimate of drug-likeness (QED) is 0.127. The molecule has 0 aliphatic carbocycles. The fourth-order valence-corrected chi connectivity index (χ4v) is 18.5. The van der Waals surface area contributed by atoms with Crippen LogP contribution in [-0.4, -0.2) is 15.8 Å². The van der Waals surface area contributed by atoms with Gasteiger partial charge in [0, 0.05) is 77.9 Å². The molecule has 15 aromatic carbocycles. The Balaban J connectivity index is 0.941. The molecule has 115 heavy (non-hydrogen) atoms. The van der Waals surface area contributed by atoms with Gasteiger partial charge in [0.05, 0.1) is 33.4 Å². The second kappa shape index (κ2) is 27.1. The molecule has 0 radical (unpaired) electrons. The van der Waals surface area contributed by atoms with E-state index >= 15 is 0 Å². The maximum Gasteiger partial charge on any atom is 0.252 e. The average molecular weight is 1490 g/mol. The van der Waals surface area contributed by atoms with Crippen molar-refractivity contribution in [2.75, 3.05) is 9.80 Å². The van der Waals surface area contributed by atoms with E-state index in [1.54, 1.807) is 0 Å². The SMILES string of the molecule is CC(C)(C)c1cc(-n2c3ccccc3c3c(-c4ccc5c(c4)N(c4c(-c6ccccc6)cccc4-c4ccccc4)c4cc(C(C)(C)C)cc6c4B5c4ccc(-c5cccc7c5c5ccccc5n7-c5cc(C(C)(C)C)cc(C(C)(C)C)c5)cc4N6c4c(-c5ccccc5)cccc4-c4ccccc4)cccc32)cc(C(C)(C)C)c1. The lowest BCUT2D eigenvalue weighted by molar-refractivity contribution is 0.567. The molecule has 0 bridgehead atoms. The summed E-state index contributed by atoms with van der Waals surface area (Å²) in [4.78, 5) is 5.45. The molecule has 0 saturated carbocycles. The zero-order valence-corrected chi connectivity index (χ0v) is 69.0. The van der Waals surface area contributed by atoms with Crippen LogP contribution in [0, 0.1) is 0 Å². The minimum atomic E-state index is -0.334. The van der Waals surface area contributed by atoms with Crippen LogP contribution in [0.25, 0.3) is 122 Å². The molecule has 0 N–H and O–H groups in total. The number of aromatic nitrogens is 2. The van der Waals surface area contributed by atoms with Gasteiger partial charge in [0.1, 0.15) is 0 Å². The van der Waals surface area contributed by atoms with Gasteiger partial charge in [-0.3, -0.25) is 0 Å². The van der Waals surface area contributed by atoms with E-state index in [9.17, 15) is 0 Å². The number of benzene rings is 15. The number of fused-ring (bicyclic) bond motifs is 10. The minimum absolute atomic E-state index is 0.0762. The molecule has 0 amide bonds. The highest BCUT2D eigenvalue weighted by Crippen LogP contribution is 2.56. The maximum atomic E-state index is 2.72. The number of rotatable bonds is 10. The summed E-state index contributed by atoms with van der Waals surface area (Å²) in [6, 6.07) is 126. The van der Waals surface area contributed by atoms with Crippen molar-refractivity contribution >= 4 is 101 Å². The molecule has 2 aliphatic heterocycles. The Kier molecular flexibility index (Phi) is 17.2. The van der Waals surface area contributed by atoms with E-state index in [-0.39, 0.29) is 33.8 Å². The van der Waals surface area contributed by atoms with Crippen molar-refractivity contribution in [1.82, 2.24) is 9.13 Å². The van der Waals surface area contributed by atoms with Gasteiger partial charge in [-0.1, -0.05) is 359 Å². The summed E-state index contributed by atoms with van der Waals surface area (Å²) in [6.07, 6.45) is 0. The van der Waals surface area contributed by atoms with Gasteiger partial charge in [0.2, 0.25) is 0 Å². The van der Waals surface area contributed by atoms with Crippen molar-refractivity contribution < 1.29 is 0 Å². The van der Waals surface area contributed by atoms with Gasteiger partial charge in [-0.05, 0) is 189 Å². The summed E-state index contributed by atoms with van der Waals surface area (Å²) in [6.45, 7) is 35.1. The van der Waals surface area contributed by atoms with Crippen molar-refractivity contribution in [2.45, 2.75) is 131 Å². The second-order valence-electron chi connectivity index (χ2n) is 37.3. The summed E-state index contributed by atoms with van der Waals surface area (Å²) >= 11 is 0. The second-order valence-corrected chi connectivity index (χ2v) is 37.3. The van der Waals surface area contributed by atoms with Crippen LogP contribution in [0.3, 0.4) is 0 Å².